The lowest BCUT2D eigenvalue weighted by Crippen LogP contribution is -1.96. The Balaban J connectivity index is 0. The molecular formula is C12H26O2. The van der Waals surface area contributed by atoms with Crippen LogP contribution in [0.3, 0.4) is 0 Å². The fourth-order valence-corrected chi connectivity index (χ4v) is 0.753. The molecule has 0 spiro atoms. The molecule has 2 heteroatoms. The van der Waals surface area contributed by atoms with Crippen molar-refractivity contribution in [1.82, 2.24) is 0 Å². The summed E-state index contributed by atoms with van der Waals surface area (Å²) in [5.41, 5.74) is 0. The van der Waals surface area contributed by atoms with Crippen LogP contribution in [0, 0.1) is 5.92 Å². The quantitative estimate of drug-likeness (QED) is 0.672. The zero-order chi connectivity index (χ0) is 11.4. The standard InChI is InChI=1S/C7H14O.C5H12O/c1-3-4-5-6-7(2)8;1-3-5(2)4-6/h3-6H2,1-2H3;5-6H,3-4H2,1-2H3. The van der Waals surface area contributed by atoms with Crippen LogP contribution in [0.25, 0.3) is 0 Å². The van der Waals surface area contributed by atoms with E-state index in [0.717, 1.165) is 19.3 Å². The minimum atomic E-state index is 0.318. The summed E-state index contributed by atoms with van der Waals surface area (Å²) in [5, 5.41) is 8.33. The largest absolute Gasteiger partial charge is 0.396 e. The molecule has 0 saturated heterocycles. The van der Waals surface area contributed by atoms with Gasteiger partial charge in [0.05, 0.1) is 0 Å². The van der Waals surface area contributed by atoms with Gasteiger partial charge in [0, 0.05) is 13.0 Å². The number of hydrogen-bond donors (Lipinski definition) is 1. The molecule has 0 aliphatic carbocycles. The first-order valence-electron chi connectivity index (χ1n) is 5.68. The summed E-state index contributed by atoms with van der Waals surface area (Å²) in [5.74, 6) is 0.809. The lowest BCUT2D eigenvalue weighted by Gasteiger charge is -1.98. The van der Waals surface area contributed by atoms with Crippen molar-refractivity contribution in [3.05, 3.63) is 0 Å². The average molecular weight is 202 g/mol. The van der Waals surface area contributed by atoms with E-state index in [0.29, 0.717) is 18.3 Å². The number of unbranched alkanes of at least 4 members (excludes halogenated alkanes) is 2. The van der Waals surface area contributed by atoms with Crippen LogP contribution in [0.4, 0.5) is 0 Å². The van der Waals surface area contributed by atoms with Crippen LogP contribution >= 0.6 is 0 Å². The molecule has 0 bridgehead atoms. The summed E-state index contributed by atoms with van der Waals surface area (Å²) in [6, 6.07) is 0. The molecule has 1 atom stereocenters. The molecule has 0 aliphatic heterocycles. The third-order valence-electron chi connectivity index (χ3n) is 2.14. The van der Waals surface area contributed by atoms with Gasteiger partial charge in [-0.1, -0.05) is 40.0 Å². The number of ketones is 1. The van der Waals surface area contributed by atoms with Gasteiger partial charge >= 0.3 is 0 Å². The zero-order valence-corrected chi connectivity index (χ0v) is 10.2. The number of aliphatic hydroxyl groups excluding tert-OH is 1. The van der Waals surface area contributed by atoms with Gasteiger partial charge in [0.25, 0.3) is 0 Å². The molecule has 0 radical (unpaired) electrons. The molecule has 0 amide bonds. The molecule has 2 nitrogen and oxygen atoms in total. The van der Waals surface area contributed by atoms with E-state index in [1.807, 2.05) is 6.92 Å². The monoisotopic (exact) mass is 202 g/mol. The van der Waals surface area contributed by atoms with Crippen molar-refractivity contribution in [2.24, 2.45) is 5.92 Å². The Morgan fingerprint density at radius 3 is 2.07 bits per heavy atom. The van der Waals surface area contributed by atoms with Crippen molar-refractivity contribution in [3.8, 4) is 0 Å². The number of carbonyl (C=O) groups excluding carboxylic acids is 1. The van der Waals surface area contributed by atoms with E-state index in [2.05, 4.69) is 13.8 Å². The smallest absolute Gasteiger partial charge is 0.129 e. The number of rotatable bonds is 6. The highest BCUT2D eigenvalue weighted by Crippen LogP contribution is 1.98. The van der Waals surface area contributed by atoms with E-state index in [1.54, 1.807) is 6.92 Å². The highest BCUT2D eigenvalue weighted by molar-refractivity contribution is 5.75. The Bertz CT molecular complexity index is 117. The Hall–Kier alpha value is -0.370. The molecule has 0 aromatic rings. The fourth-order valence-electron chi connectivity index (χ4n) is 0.753. The van der Waals surface area contributed by atoms with Crippen molar-refractivity contribution < 1.29 is 9.90 Å². The van der Waals surface area contributed by atoms with E-state index < -0.39 is 0 Å². The van der Waals surface area contributed by atoms with Gasteiger partial charge in [-0.3, -0.25) is 0 Å². The summed E-state index contributed by atoms with van der Waals surface area (Å²) >= 11 is 0. The third kappa shape index (κ3) is 17.6. The van der Waals surface area contributed by atoms with Crippen LogP contribution in [-0.4, -0.2) is 17.5 Å². The third-order valence-corrected chi connectivity index (χ3v) is 2.14. The molecule has 0 fully saturated rings. The summed E-state index contributed by atoms with van der Waals surface area (Å²) in [7, 11) is 0. The SMILES string of the molecule is CCC(C)CO.CCCCCC(C)=O. The molecule has 14 heavy (non-hydrogen) atoms. The van der Waals surface area contributed by atoms with Crippen molar-refractivity contribution in [1.29, 1.82) is 0 Å². The average Bonchev–Trinajstić information content (AvgIpc) is 2.17. The lowest BCUT2D eigenvalue weighted by molar-refractivity contribution is -0.117. The summed E-state index contributed by atoms with van der Waals surface area (Å²) in [6.07, 6.45) is 5.32. The van der Waals surface area contributed by atoms with Gasteiger partial charge in [-0.25, -0.2) is 0 Å². The van der Waals surface area contributed by atoms with Crippen molar-refractivity contribution in [3.63, 3.8) is 0 Å². The second-order valence-corrected chi connectivity index (χ2v) is 3.86. The van der Waals surface area contributed by atoms with Crippen LogP contribution < -0.4 is 0 Å². The van der Waals surface area contributed by atoms with Gasteiger partial charge in [0.15, 0.2) is 0 Å². The molecule has 0 heterocycles. The van der Waals surface area contributed by atoms with E-state index in [1.165, 1.54) is 12.8 Å². The predicted molar refractivity (Wildman–Crippen MR) is 61.4 cm³/mol. The van der Waals surface area contributed by atoms with E-state index >= 15 is 0 Å². The Labute approximate surface area is 88.7 Å². The maximum atomic E-state index is 10.3. The topological polar surface area (TPSA) is 37.3 Å². The second kappa shape index (κ2) is 12.6. The molecule has 1 N–H and O–H groups in total. The molecule has 0 aromatic heterocycles. The minimum absolute atomic E-state index is 0.318. The van der Waals surface area contributed by atoms with E-state index in [4.69, 9.17) is 5.11 Å². The fraction of sp³-hybridized carbons (Fsp3) is 0.917. The van der Waals surface area contributed by atoms with Gasteiger partial charge < -0.3 is 9.90 Å². The van der Waals surface area contributed by atoms with Crippen LogP contribution in [0.15, 0.2) is 0 Å². The number of carbonyl (C=O) groups is 1. The van der Waals surface area contributed by atoms with E-state index in [9.17, 15) is 4.79 Å². The molecule has 0 rings (SSSR count). The number of Topliss-reactive ketones (excluding diaryl/α,β-unsaturated/α-hetero) is 1. The maximum Gasteiger partial charge on any atom is 0.129 e. The van der Waals surface area contributed by atoms with Crippen LogP contribution in [0.2, 0.25) is 0 Å². The Kier molecular flexibility index (Phi) is 14.5. The molecule has 0 saturated carbocycles. The highest BCUT2D eigenvalue weighted by atomic mass is 16.3. The number of hydrogen-bond acceptors (Lipinski definition) is 2. The number of aliphatic hydroxyl groups is 1. The zero-order valence-electron chi connectivity index (χ0n) is 10.2. The first-order valence-corrected chi connectivity index (χ1v) is 5.68. The van der Waals surface area contributed by atoms with Crippen molar-refractivity contribution in [2.75, 3.05) is 6.61 Å². The predicted octanol–water partition coefficient (Wildman–Crippen LogP) is 3.18. The highest BCUT2D eigenvalue weighted by Gasteiger charge is 1.90. The maximum absolute atomic E-state index is 10.3. The van der Waals surface area contributed by atoms with Crippen molar-refractivity contribution in [2.45, 2.75) is 59.8 Å². The summed E-state index contributed by atoms with van der Waals surface area (Å²) in [6.45, 7) is 8.22. The first kappa shape index (κ1) is 16.1. The Morgan fingerprint density at radius 1 is 1.29 bits per heavy atom. The summed E-state index contributed by atoms with van der Waals surface area (Å²) in [4.78, 5) is 10.3. The second-order valence-electron chi connectivity index (χ2n) is 3.86. The first-order chi connectivity index (χ1) is 6.58. The molecule has 1 unspecified atom stereocenters. The lowest BCUT2D eigenvalue weighted by atomic mass is 10.1. The van der Waals surface area contributed by atoms with Gasteiger partial charge in [-0.15, -0.1) is 0 Å². The Morgan fingerprint density at radius 2 is 1.86 bits per heavy atom. The molecule has 86 valence electrons. The molecule has 0 aliphatic rings. The summed E-state index contributed by atoms with van der Waals surface area (Å²) < 4.78 is 0. The minimum Gasteiger partial charge on any atom is -0.396 e. The molecular weight excluding hydrogens is 176 g/mol. The van der Waals surface area contributed by atoms with Gasteiger partial charge in [0.2, 0.25) is 0 Å². The van der Waals surface area contributed by atoms with E-state index in [-0.39, 0.29) is 0 Å². The van der Waals surface area contributed by atoms with Crippen molar-refractivity contribution >= 4 is 5.78 Å². The van der Waals surface area contributed by atoms with Crippen LogP contribution in [-0.2, 0) is 4.79 Å². The van der Waals surface area contributed by atoms with Gasteiger partial charge in [-0.2, -0.15) is 0 Å². The van der Waals surface area contributed by atoms with Gasteiger partial charge in [0.1, 0.15) is 5.78 Å². The normalized spacial score (nSPS) is 11.5. The van der Waals surface area contributed by atoms with Crippen LogP contribution in [0.5, 0.6) is 0 Å². The van der Waals surface area contributed by atoms with Crippen LogP contribution in [0.1, 0.15) is 59.8 Å². The molecule has 0 aromatic carbocycles. The van der Waals surface area contributed by atoms with Gasteiger partial charge in [-0.05, 0) is 19.3 Å².